The first-order chi connectivity index (χ1) is 41.1. The highest BCUT2D eigenvalue weighted by atomic mass is 35.5. The molecule has 0 atom stereocenters. The molecule has 0 radical (unpaired) electrons. The van der Waals surface area contributed by atoms with Crippen molar-refractivity contribution in [1.29, 1.82) is 0 Å². The van der Waals surface area contributed by atoms with E-state index in [9.17, 15) is 0 Å². The van der Waals surface area contributed by atoms with Crippen molar-refractivity contribution in [2.24, 2.45) is 0 Å². The zero-order chi connectivity index (χ0) is 57.7. The first-order valence-electron chi connectivity index (χ1n) is 27.8. The van der Waals surface area contributed by atoms with E-state index in [1.165, 1.54) is 0 Å². The number of hydrogen-bond donors (Lipinski definition) is 0. The van der Waals surface area contributed by atoms with E-state index in [1.807, 2.05) is 158 Å². The lowest BCUT2D eigenvalue weighted by atomic mass is 9.77. The molecule has 0 spiro atoms. The molecule has 0 unspecified atom stereocenters. The average molecular weight is 1120 g/mol. The number of hydrogen-bond acceptors (Lipinski definition) is 10. The molecule has 1 aliphatic rings. The molecule has 0 N–H and O–H groups in total. The van der Waals surface area contributed by atoms with Crippen LogP contribution in [0.4, 0.5) is 34.1 Å². The maximum Gasteiger partial charge on any atom is 0.496 e. The Balaban J connectivity index is 0.000000139. The van der Waals surface area contributed by atoms with E-state index in [4.69, 9.17) is 35.9 Å². The Kier molecular flexibility index (Phi) is 17.3. The molecular weight excluding hydrogens is 1060 g/mol. The summed E-state index contributed by atoms with van der Waals surface area (Å²) < 4.78 is 12.7. The lowest BCUT2D eigenvalue weighted by Gasteiger charge is -2.32. The second kappa shape index (κ2) is 25.9. The van der Waals surface area contributed by atoms with Crippen molar-refractivity contribution in [3.05, 3.63) is 296 Å². The van der Waals surface area contributed by atoms with Crippen molar-refractivity contribution in [2.45, 2.75) is 38.9 Å². The summed E-state index contributed by atoms with van der Waals surface area (Å²) in [7, 11) is -0.420. The molecule has 0 amide bonds. The van der Waals surface area contributed by atoms with E-state index in [0.717, 1.165) is 67.4 Å². The van der Waals surface area contributed by atoms with Crippen LogP contribution >= 0.6 is 11.6 Å². The van der Waals surface area contributed by atoms with E-state index in [1.54, 1.807) is 0 Å². The molecule has 12 aromatic rings. The van der Waals surface area contributed by atoms with Crippen molar-refractivity contribution in [3.8, 4) is 56.9 Å². The molecule has 0 aliphatic carbocycles. The van der Waals surface area contributed by atoms with Crippen LogP contribution in [0.2, 0.25) is 5.28 Å². The minimum Gasteiger partial charge on any atom is -0.399 e. The summed E-state index contributed by atoms with van der Waals surface area (Å²) in [6.45, 7) is 8.34. The fourth-order valence-corrected chi connectivity index (χ4v) is 9.75. The van der Waals surface area contributed by atoms with Crippen molar-refractivity contribution in [1.82, 2.24) is 29.9 Å². The van der Waals surface area contributed by atoms with Gasteiger partial charge in [-0.3, -0.25) is 0 Å². The first kappa shape index (κ1) is 56.0. The molecule has 1 fully saturated rings. The summed E-state index contributed by atoms with van der Waals surface area (Å²) in [4.78, 5) is 32.1. The summed E-state index contributed by atoms with van der Waals surface area (Å²) in [5.41, 5.74) is 11.3. The van der Waals surface area contributed by atoms with E-state index in [0.29, 0.717) is 29.1 Å². The molecule has 1 aliphatic heterocycles. The third-order valence-electron chi connectivity index (χ3n) is 14.5. The molecular formula is C72H60BClN8O2. The van der Waals surface area contributed by atoms with Crippen molar-refractivity contribution < 1.29 is 9.31 Å². The monoisotopic (exact) mass is 1110 g/mol. The van der Waals surface area contributed by atoms with Crippen LogP contribution in [-0.4, -0.2) is 48.2 Å². The van der Waals surface area contributed by atoms with Crippen LogP contribution in [-0.2, 0) is 9.31 Å². The molecule has 3 heterocycles. The Bertz CT molecular complexity index is 3840. The summed E-state index contributed by atoms with van der Waals surface area (Å²) in [6.07, 6.45) is 0. The van der Waals surface area contributed by atoms with E-state index < -0.39 is 7.12 Å². The molecule has 12 heteroatoms. The quantitative estimate of drug-likeness (QED) is 0.110. The van der Waals surface area contributed by atoms with Crippen LogP contribution in [0.25, 0.3) is 56.9 Å². The predicted molar refractivity (Wildman–Crippen MR) is 343 cm³/mol. The van der Waals surface area contributed by atoms with Crippen LogP contribution in [0.15, 0.2) is 291 Å². The highest BCUT2D eigenvalue weighted by Gasteiger charge is 2.52. The Morgan fingerprint density at radius 2 is 0.560 bits per heavy atom. The number of anilines is 6. The van der Waals surface area contributed by atoms with Gasteiger partial charge in [0.25, 0.3) is 0 Å². The Morgan fingerprint density at radius 3 is 0.917 bits per heavy atom. The van der Waals surface area contributed by atoms with Gasteiger partial charge in [-0.2, -0.15) is 9.97 Å². The van der Waals surface area contributed by atoms with Crippen molar-refractivity contribution in [2.75, 3.05) is 9.80 Å². The fourth-order valence-electron chi connectivity index (χ4n) is 9.59. The third-order valence-corrected chi connectivity index (χ3v) is 14.7. The summed E-state index contributed by atoms with van der Waals surface area (Å²) >= 11 is 5.99. The van der Waals surface area contributed by atoms with E-state index >= 15 is 0 Å². The van der Waals surface area contributed by atoms with Crippen LogP contribution in [0.3, 0.4) is 0 Å². The molecule has 84 heavy (non-hydrogen) atoms. The highest BCUT2D eigenvalue weighted by Crippen LogP contribution is 2.42. The lowest BCUT2D eigenvalue weighted by Crippen LogP contribution is -2.41. The molecule has 13 rings (SSSR count). The van der Waals surface area contributed by atoms with Gasteiger partial charge in [0.05, 0.1) is 16.9 Å². The molecule has 10 nitrogen and oxygen atoms in total. The van der Waals surface area contributed by atoms with Gasteiger partial charge in [-0.25, -0.2) is 19.9 Å². The largest absolute Gasteiger partial charge is 0.496 e. The molecule has 1 saturated heterocycles. The van der Waals surface area contributed by atoms with Gasteiger partial charge in [0.15, 0.2) is 29.1 Å². The lowest BCUT2D eigenvalue weighted by molar-refractivity contribution is 0.00578. The maximum atomic E-state index is 6.36. The average Bonchev–Trinajstić information content (AvgIpc) is 4.04. The number of nitrogens with zero attached hydrogens (tertiary/aromatic N) is 8. The maximum absolute atomic E-state index is 6.36. The van der Waals surface area contributed by atoms with Gasteiger partial charge in [0.2, 0.25) is 5.28 Å². The van der Waals surface area contributed by atoms with Gasteiger partial charge in [-0.05, 0) is 106 Å². The first-order valence-corrected chi connectivity index (χ1v) is 28.2. The Labute approximate surface area is 497 Å². The van der Waals surface area contributed by atoms with Gasteiger partial charge >= 0.3 is 7.12 Å². The zero-order valence-electron chi connectivity index (χ0n) is 47.1. The van der Waals surface area contributed by atoms with Crippen LogP contribution in [0.5, 0.6) is 0 Å². The van der Waals surface area contributed by atoms with Crippen molar-refractivity contribution >= 4 is 58.3 Å². The zero-order valence-corrected chi connectivity index (χ0v) is 47.8. The molecule has 10 aromatic carbocycles. The minimum atomic E-state index is -0.420. The predicted octanol–water partition coefficient (Wildman–Crippen LogP) is 17.7. The van der Waals surface area contributed by atoms with Crippen molar-refractivity contribution in [3.63, 3.8) is 0 Å². The van der Waals surface area contributed by atoms with Gasteiger partial charge < -0.3 is 19.1 Å². The number of aromatic nitrogens is 6. The van der Waals surface area contributed by atoms with Gasteiger partial charge in [0, 0.05) is 61.7 Å². The van der Waals surface area contributed by atoms with Crippen LogP contribution < -0.4 is 15.3 Å². The standard InChI is InChI=1S/C33H24N4.C24H26BNO2.C15H10ClN3/c1-5-15-25(16-6-1)31-34-32(26-17-7-2-8-18-26)36-33(35-31)29-23-13-14-24-30(29)37(27-19-9-3-10-20-27)28-21-11-4-12-22-28;1-23(2)24(3,4)28-25(27-23)21-17-11-12-18-22(21)26(19-13-7-5-8-14-19)20-15-9-6-10-16-20;16-15-18-13(11-7-3-1-4-8-11)17-14(19-15)12-9-5-2-6-10-12/h1-24H;5-18H,1-4H3;1-10H. The van der Waals surface area contributed by atoms with Crippen LogP contribution in [0, 0.1) is 0 Å². The van der Waals surface area contributed by atoms with Gasteiger partial charge in [-0.15, -0.1) is 0 Å². The Hall–Kier alpha value is -9.91. The molecule has 2 aromatic heterocycles. The number of benzene rings is 10. The second-order valence-electron chi connectivity index (χ2n) is 20.7. The minimum absolute atomic E-state index is 0.202. The second-order valence-corrected chi connectivity index (χ2v) is 21.0. The summed E-state index contributed by atoms with van der Waals surface area (Å²) in [5, 5.41) is 0.202. The molecule has 0 saturated carbocycles. The highest BCUT2D eigenvalue weighted by molar-refractivity contribution is 6.64. The molecule has 410 valence electrons. The van der Waals surface area contributed by atoms with Gasteiger partial charge in [0.1, 0.15) is 0 Å². The number of halogens is 1. The smallest absolute Gasteiger partial charge is 0.399 e. The number of rotatable bonds is 12. The van der Waals surface area contributed by atoms with Crippen LogP contribution in [0.1, 0.15) is 27.7 Å². The van der Waals surface area contributed by atoms with Gasteiger partial charge in [-0.1, -0.05) is 224 Å². The SMILES string of the molecule is CC1(C)OB(c2ccccc2N(c2ccccc2)c2ccccc2)OC1(C)C.Clc1nc(-c2ccccc2)nc(-c2ccccc2)n1.c1ccc(-c2nc(-c3ccccc3)nc(-c3ccccc3N(c3ccccc3)c3ccccc3)n2)cc1. The molecule has 0 bridgehead atoms. The Morgan fingerprint density at radius 1 is 0.298 bits per heavy atom. The number of para-hydroxylation sites is 6. The topological polar surface area (TPSA) is 102 Å². The summed E-state index contributed by atoms with van der Waals surface area (Å²) in [6, 6.07) is 97.6. The van der Waals surface area contributed by atoms with E-state index in [2.05, 4.69) is 186 Å². The third kappa shape index (κ3) is 13.1. The van der Waals surface area contributed by atoms with E-state index in [-0.39, 0.29) is 16.5 Å². The fraction of sp³-hybridized carbons (Fsp3) is 0.0833. The summed E-state index contributed by atoms with van der Waals surface area (Å²) in [5.74, 6) is 3.08. The normalized spacial score (nSPS) is 12.9.